The van der Waals surface area contributed by atoms with Crippen LogP contribution in [-0.2, 0) is 11.2 Å². The Labute approximate surface area is 142 Å². The van der Waals surface area contributed by atoms with E-state index in [4.69, 9.17) is 4.52 Å². The van der Waals surface area contributed by atoms with Crippen LogP contribution in [0.3, 0.4) is 0 Å². The number of para-hydroxylation sites is 1. The molecule has 1 fully saturated rings. The van der Waals surface area contributed by atoms with Gasteiger partial charge in [0.15, 0.2) is 0 Å². The lowest BCUT2D eigenvalue weighted by atomic mass is 9.99. The fourth-order valence-corrected chi connectivity index (χ4v) is 3.91. The first-order chi connectivity index (χ1) is 11.7. The maximum atomic E-state index is 12.9. The second-order valence-corrected chi connectivity index (χ2v) is 6.77. The Kier molecular flexibility index (Phi) is 4.10. The number of anilines is 1. The molecule has 1 aromatic carbocycles. The summed E-state index contributed by atoms with van der Waals surface area (Å²) in [5.74, 6) is 1.02. The van der Waals surface area contributed by atoms with E-state index in [0.717, 1.165) is 49.5 Å². The third-order valence-electron chi connectivity index (χ3n) is 5.13. The summed E-state index contributed by atoms with van der Waals surface area (Å²) >= 11 is 0. The van der Waals surface area contributed by atoms with Crippen LogP contribution in [0.2, 0.25) is 0 Å². The van der Waals surface area contributed by atoms with E-state index in [9.17, 15) is 4.79 Å². The van der Waals surface area contributed by atoms with E-state index >= 15 is 0 Å². The molecule has 126 valence electrons. The van der Waals surface area contributed by atoms with Gasteiger partial charge in [0, 0.05) is 18.3 Å². The molecule has 2 aliphatic heterocycles. The van der Waals surface area contributed by atoms with Gasteiger partial charge in [-0.3, -0.25) is 9.69 Å². The number of nitrogens with zero attached hydrogens (tertiary/aromatic N) is 3. The summed E-state index contributed by atoms with van der Waals surface area (Å²) < 4.78 is 5.25. The van der Waals surface area contributed by atoms with Crippen molar-refractivity contribution in [1.82, 2.24) is 10.1 Å². The number of piperidine rings is 1. The molecule has 0 bridgehead atoms. The summed E-state index contributed by atoms with van der Waals surface area (Å²) in [5, 5.41) is 4.19. The maximum absolute atomic E-state index is 12.9. The van der Waals surface area contributed by atoms with Crippen molar-refractivity contribution in [3.8, 4) is 0 Å². The Morgan fingerprint density at radius 1 is 1.29 bits per heavy atom. The van der Waals surface area contributed by atoms with Gasteiger partial charge in [0.1, 0.15) is 11.5 Å². The molecule has 1 unspecified atom stereocenters. The third-order valence-corrected chi connectivity index (χ3v) is 5.13. The average Bonchev–Trinajstić information content (AvgIpc) is 3.21. The second-order valence-electron chi connectivity index (χ2n) is 6.77. The highest BCUT2D eigenvalue weighted by molar-refractivity contribution is 5.96. The molecule has 5 heteroatoms. The smallest absolute Gasteiger partial charge is 0.241 e. The predicted octanol–water partition coefficient (Wildman–Crippen LogP) is 3.10. The largest absolute Gasteiger partial charge is 0.361 e. The third kappa shape index (κ3) is 2.84. The summed E-state index contributed by atoms with van der Waals surface area (Å²) in [6.07, 6.45) is 4.30. The molecule has 4 rings (SSSR count). The molecule has 24 heavy (non-hydrogen) atoms. The predicted molar refractivity (Wildman–Crippen MR) is 91.9 cm³/mol. The molecule has 1 aromatic heterocycles. The Hall–Kier alpha value is -2.14. The lowest BCUT2D eigenvalue weighted by Gasteiger charge is -2.34. The Balaban J connectivity index is 1.50. The SMILES string of the molecule is Cc1cc(C2CCCCN2CC(=O)N2CCc3ccccc32)no1. The molecule has 0 spiro atoms. The van der Waals surface area contributed by atoms with Gasteiger partial charge in [0.25, 0.3) is 0 Å². The summed E-state index contributed by atoms with van der Waals surface area (Å²) in [7, 11) is 0. The van der Waals surface area contributed by atoms with Crippen LogP contribution in [0.25, 0.3) is 0 Å². The monoisotopic (exact) mass is 325 g/mol. The number of likely N-dealkylation sites (tertiary alicyclic amines) is 1. The summed E-state index contributed by atoms with van der Waals surface area (Å²) in [6.45, 7) is 4.10. The Morgan fingerprint density at radius 2 is 2.17 bits per heavy atom. The number of aromatic nitrogens is 1. The van der Waals surface area contributed by atoms with Gasteiger partial charge in [-0.15, -0.1) is 0 Å². The fourth-order valence-electron chi connectivity index (χ4n) is 3.91. The highest BCUT2D eigenvalue weighted by atomic mass is 16.5. The van der Waals surface area contributed by atoms with Crippen molar-refractivity contribution in [1.29, 1.82) is 0 Å². The van der Waals surface area contributed by atoms with Crippen LogP contribution in [0, 0.1) is 6.92 Å². The minimum Gasteiger partial charge on any atom is -0.361 e. The van der Waals surface area contributed by atoms with Gasteiger partial charge < -0.3 is 9.42 Å². The number of rotatable bonds is 3. The standard InChI is InChI=1S/C19H23N3O2/c1-14-12-16(20-24-14)18-8-4-5-10-21(18)13-19(23)22-11-9-15-6-2-3-7-17(15)22/h2-3,6-7,12,18H,4-5,8-11,13H2,1H3. The molecule has 1 amide bonds. The molecule has 0 saturated carbocycles. The molecule has 5 nitrogen and oxygen atoms in total. The highest BCUT2D eigenvalue weighted by Crippen LogP contribution is 2.32. The molecule has 0 N–H and O–H groups in total. The second kappa shape index (κ2) is 6.40. The number of benzene rings is 1. The van der Waals surface area contributed by atoms with Gasteiger partial charge in [0.05, 0.1) is 12.6 Å². The minimum absolute atomic E-state index is 0.187. The van der Waals surface area contributed by atoms with Crippen molar-refractivity contribution in [2.45, 2.75) is 38.6 Å². The van der Waals surface area contributed by atoms with Crippen LogP contribution in [-0.4, -0.2) is 35.6 Å². The maximum Gasteiger partial charge on any atom is 0.241 e. The number of hydrogen-bond donors (Lipinski definition) is 0. The van der Waals surface area contributed by atoms with E-state index in [1.165, 1.54) is 12.0 Å². The van der Waals surface area contributed by atoms with Crippen LogP contribution in [0.1, 0.15) is 42.3 Å². The van der Waals surface area contributed by atoms with Gasteiger partial charge in [-0.2, -0.15) is 0 Å². The topological polar surface area (TPSA) is 49.6 Å². The normalized spacial score (nSPS) is 21.0. The van der Waals surface area contributed by atoms with Crippen LogP contribution in [0.4, 0.5) is 5.69 Å². The van der Waals surface area contributed by atoms with E-state index in [1.807, 2.05) is 30.0 Å². The average molecular weight is 325 g/mol. The van der Waals surface area contributed by atoms with Crippen molar-refractivity contribution in [2.75, 3.05) is 24.5 Å². The number of carbonyl (C=O) groups excluding carboxylic acids is 1. The number of amides is 1. The van der Waals surface area contributed by atoms with Crippen LogP contribution in [0.5, 0.6) is 0 Å². The fraction of sp³-hybridized carbons (Fsp3) is 0.474. The number of aryl methyl sites for hydroxylation is 1. The molecule has 0 aliphatic carbocycles. The first-order valence-corrected chi connectivity index (χ1v) is 8.78. The van der Waals surface area contributed by atoms with Crippen LogP contribution >= 0.6 is 0 Å². The minimum atomic E-state index is 0.187. The van der Waals surface area contributed by atoms with E-state index in [-0.39, 0.29) is 11.9 Å². The quantitative estimate of drug-likeness (QED) is 0.870. The van der Waals surface area contributed by atoms with Gasteiger partial charge in [-0.25, -0.2) is 0 Å². The van der Waals surface area contributed by atoms with E-state index in [2.05, 4.69) is 22.2 Å². The van der Waals surface area contributed by atoms with Gasteiger partial charge in [-0.05, 0) is 44.4 Å². The van der Waals surface area contributed by atoms with Crippen molar-refractivity contribution < 1.29 is 9.32 Å². The van der Waals surface area contributed by atoms with E-state index in [1.54, 1.807) is 0 Å². The molecule has 2 aromatic rings. The lowest BCUT2D eigenvalue weighted by molar-refractivity contribution is -0.120. The molecule has 0 radical (unpaired) electrons. The van der Waals surface area contributed by atoms with Crippen molar-refractivity contribution in [2.24, 2.45) is 0 Å². The van der Waals surface area contributed by atoms with Gasteiger partial charge >= 0.3 is 0 Å². The van der Waals surface area contributed by atoms with Gasteiger partial charge in [-0.1, -0.05) is 29.8 Å². The summed E-state index contributed by atoms with van der Waals surface area (Å²) in [6, 6.07) is 10.4. The first kappa shape index (κ1) is 15.4. The summed E-state index contributed by atoms with van der Waals surface area (Å²) in [5.41, 5.74) is 3.31. The number of hydrogen-bond acceptors (Lipinski definition) is 4. The molecule has 1 saturated heterocycles. The van der Waals surface area contributed by atoms with E-state index < -0.39 is 0 Å². The van der Waals surface area contributed by atoms with Crippen molar-refractivity contribution >= 4 is 11.6 Å². The zero-order valence-corrected chi connectivity index (χ0v) is 14.1. The molecule has 2 aliphatic rings. The van der Waals surface area contributed by atoms with Crippen LogP contribution in [0.15, 0.2) is 34.9 Å². The van der Waals surface area contributed by atoms with Crippen molar-refractivity contribution in [3.05, 3.63) is 47.3 Å². The number of carbonyl (C=O) groups is 1. The van der Waals surface area contributed by atoms with Crippen LogP contribution < -0.4 is 4.90 Å². The first-order valence-electron chi connectivity index (χ1n) is 8.78. The zero-order valence-electron chi connectivity index (χ0n) is 14.1. The lowest BCUT2D eigenvalue weighted by Crippen LogP contribution is -2.43. The number of fused-ring (bicyclic) bond motifs is 1. The van der Waals surface area contributed by atoms with Gasteiger partial charge in [0.2, 0.25) is 5.91 Å². The zero-order chi connectivity index (χ0) is 16.5. The summed E-state index contributed by atoms with van der Waals surface area (Å²) in [4.78, 5) is 17.1. The Morgan fingerprint density at radius 3 is 3.00 bits per heavy atom. The Bertz CT molecular complexity index is 740. The molecule has 3 heterocycles. The molecular weight excluding hydrogens is 302 g/mol. The highest BCUT2D eigenvalue weighted by Gasteiger charge is 2.31. The van der Waals surface area contributed by atoms with E-state index in [0.29, 0.717) is 6.54 Å². The molecular formula is C19H23N3O2. The molecule has 1 atom stereocenters. The van der Waals surface area contributed by atoms with Crippen molar-refractivity contribution in [3.63, 3.8) is 0 Å².